The van der Waals surface area contributed by atoms with Crippen LogP contribution < -0.4 is 5.32 Å². The van der Waals surface area contributed by atoms with Crippen molar-refractivity contribution in [2.24, 2.45) is 0 Å². The van der Waals surface area contributed by atoms with Crippen LogP contribution in [-0.2, 0) is 0 Å². The number of carbonyl (C=O) groups is 2. The molecule has 1 aliphatic rings. The topological polar surface area (TPSA) is 79.6 Å². The zero-order valence-corrected chi connectivity index (χ0v) is 17.0. The minimum Gasteiger partial charge on any atom is -0.336 e. The van der Waals surface area contributed by atoms with Crippen molar-refractivity contribution < 1.29 is 31.5 Å². The summed E-state index contributed by atoms with van der Waals surface area (Å²) >= 11 is 0. The first-order valence-electron chi connectivity index (χ1n) is 9.99. The normalized spacial score (nSPS) is 17.1. The molecule has 1 aliphatic heterocycles. The maximum absolute atomic E-state index is 13.6. The van der Waals surface area contributed by atoms with E-state index in [9.17, 15) is 31.5 Å². The summed E-state index contributed by atoms with van der Waals surface area (Å²) in [5.74, 6) is -4.96. The molecule has 174 valence electrons. The van der Waals surface area contributed by atoms with E-state index in [1.54, 1.807) is 6.07 Å². The Morgan fingerprint density at radius 3 is 2.39 bits per heavy atom. The number of imidazole rings is 1. The maximum Gasteiger partial charge on any atom is 0.414 e. The number of hydrogen-bond acceptors (Lipinski definition) is 4. The second kappa shape index (κ2) is 8.41. The molecule has 7 nitrogen and oxygen atoms in total. The van der Waals surface area contributed by atoms with Gasteiger partial charge in [0.1, 0.15) is 0 Å². The van der Waals surface area contributed by atoms with E-state index < -0.39 is 54.2 Å². The van der Waals surface area contributed by atoms with Crippen LogP contribution in [0.4, 0.5) is 22.0 Å². The zero-order chi connectivity index (χ0) is 23.8. The molecule has 4 rings (SSSR count). The Kier molecular flexibility index (Phi) is 5.76. The summed E-state index contributed by atoms with van der Waals surface area (Å²) in [7, 11) is 0. The summed E-state index contributed by atoms with van der Waals surface area (Å²) in [6.45, 7) is -0.407. The third-order valence-corrected chi connectivity index (χ3v) is 5.32. The molecule has 1 unspecified atom stereocenters. The molecule has 1 saturated heterocycles. The number of amides is 2. The lowest BCUT2D eigenvalue weighted by Gasteiger charge is -2.31. The van der Waals surface area contributed by atoms with Crippen LogP contribution in [0.1, 0.15) is 45.7 Å². The van der Waals surface area contributed by atoms with Crippen molar-refractivity contribution in [3.8, 4) is 0 Å². The number of fused-ring (bicyclic) bond motifs is 1. The number of likely N-dealkylation sites (tertiary alicyclic amines) is 1. The predicted molar refractivity (Wildman–Crippen MR) is 106 cm³/mol. The fourth-order valence-corrected chi connectivity index (χ4v) is 3.60. The molecule has 3 aromatic heterocycles. The molecule has 0 aliphatic carbocycles. The summed E-state index contributed by atoms with van der Waals surface area (Å²) in [6.07, 6.45) is -3.26. The Balaban J connectivity index is 1.66. The molecular weight excluding hydrogens is 449 g/mol. The highest BCUT2D eigenvalue weighted by molar-refractivity contribution is 6.02. The largest absolute Gasteiger partial charge is 0.414 e. The van der Waals surface area contributed by atoms with Gasteiger partial charge in [-0.15, -0.1) is 0 Å². The van der Waals surface area contributed by atoms with E-state index in [0.717, 1.165) is 6.07 Å². The molecule has 0 bridgehead atoms. The van der Waals surface area contributed by atoms with E-state index in [1.807, 2.05) is 5.32 Å². The molecule has 1 fully saturated rings. The maximum atomic E-state index is 13.6. The summed E-state index contributed by atoms with van der Waals surface area (Å²) in [5.41, 5.74) is -0.707. The number of carbonyl (C=O) groups excluding carboxylic acids is 2. The van der Waals surface area contributed by atoms with Gasteiger partial charge in [0.05, 0.1) is 11.2 Å². The Bertz CT molecular complexity index is 1170. The van der Waals surface area contributed by atoms with Gasteiger partial charge in [0, 0.05) is 38.3 Å². The van der Waals surface area contributed by atoms with Crippen LogP contribution in [0.5, 0.6) is 0 Å². The zero-order valence-electron chi connectivity index (χ0n) is 17.0. The standard InChI is InChI=1S/C21H18F5N5O2/c22-20(23)7-11-30(12-8-20)19(33)17-28-15(14-6-2-4-10-31(14)17)18(32)29-16(21(24,25)26)13-5-1-3-9-27-13/h1-6,9-10,16H,7-8,11-12H2,(H,29,32). The first kappa shape index (κ1) is 22.6. The van der Waals surface area contributed by atoms with Gasteiger partial charge < -0.3 is 10.2 Å². The van der Waals surface area contributed by atoms with E-state index in [2.05, 4.69) is 9.97 Å². The predicted octanol–water partition coefficient (Wildman–Crippen LogP) is 3.63. The number of nitrogens with one attached hydrogen (secondary N) is 1. The van der Waals surface area contributed by atoms with Gasteiger partial charge in [-0.25, -0.2) is 13.8 Å². The summed E-state index contributed by atoms with van der Waals surface area (Å²) < 4.78 is 69.1. The van der Waals surface area contributed by atoms with Gasteiger partial charge in [0.2, 0.25) is 5.82 Å². The lowest BCUT2D eigenvalue weighted by atomic mass is 10.1. The van der Waals surface area contributed by atoms with Gasteiger partial charge in [0.15, 0.2) is 11.7 Å². The fourth-order valence-electron chi connectivity index (χ4n) is 3.60. The average molecular weight is 467 g/mol. The molecule has 4 heterocycles. The van der Waals surface area contributed by atoms with Gasteiger partial charge >= 0.3 is 6.18 Å². The number of nitrogens with zero attached hydrogens (tertiary/aromatic N) is 4. The lowest BCUT2D eigenvalue weighted by Crippen LogP contribution is -2.43. The Hall–Kier alpha value is -3.57. The Morgan fingerprint density at radius 2 is 1.76 bits per heavy atom. The van der Waals surface area contributed by atoms with Crippen molar-refractivity contribution >= 4 is 17.3 Å². The molecular formula is C21H18F5N5O2. The molecule has 0 aromatic carbocycles. The fraction of sp³-hybridized carbons (Fsp3) is 0.333. The van der Waals surface area contributed by atoms with Crippen molar-refractivity contribution in [2.45, 2.75) is 31.0 Å². The highest BCUT2D eigenvalue weighted by atomic mass is 19.4. The summed E-state index contributed by atoms with van der Waals surface area (Å²) in [4.78, 5) is 34.7. The molecule has 3 aromatic rings. The smallest absolute Gasteiger partial charge is 0.336 e. The van der Waals surface area contributed by atoms with Crippen molar-refractivity contribution in [1.29, 1.82) is 0 Å². The van der Waals surface area contributed by atoms with Crippen molar-refractivity contribution in [1.82, 2.24) is 24.6 Å². The molecule has 2 amide bonds. The Morgan fingerprint density at radius 1 is 1.06 bits per heavy atom. The minimum absolute atomic E-state index is 0.0997. The average Bonchev–Trinajstić information content (AvgIpc) is 3.16. The van der Waals surface area contributed by atoms with Crippen LogP contribution >= 0.6 is 0 Å². The SMILES string of the molecule is O=C(NC(c1ccccn1)C(F)(F)F)c1nc(C(=O)N2CCC(F)(F)CC2)n2ccccc12. The molecule has 0 saturated carbocycles. The minimum atomic E-state index is -4.84. The van der Waals surface area contributed by atoms with Crippen LogP contribution in [0.25, 0.3) is 5.52 Å². The quantitative estimate of drug-likeness (QED) is 0.595. The van der Waals surface area contributed by atoms with E-state index in [1.165, 1.54) is 46.0 Å². The number of hydrogen-bond donors (Lipinski definition) is 1. The lowest BCUT2D eigenvalue weighted by molar-refractivity contribution is -0.156. The van der Waals surface area contributed by atoms with Crippen LogP contribution in [0, 0.1) is 0 Å². The summed E-state index contributed by atoms with van der Waals surface area (Å²) in [5, 5.41) is 1.90. The van der Waals surface area contributed by atoms with E-state index in [0.29, 0.717) is 0 Å². The van der Waals surface area contributed by atoms with Gasteiger partial charge in [-0.2, -0.15) is 13.2 Å². The molecule has 0 spiro atoms. The number of rotatable bonds is 4. The third-order valence-electron chi connectivity index (χ3n) is 5.32. The molecule has 0 radical (unpaired) electrons. The molecule has 12 heteroatoms. The first-order chi connectivity index (χ1) is 15.6. The molecule has 33 heavy (non-hydrogen) atoms. The van der Waals surface area contributed by atoms with Gasteiger partial charge in [-0.3, -0.25) is 19.0 Å². The monoisotopic (exact) mass is 467 g/mol. The number of aromatic nitrogens is 3. The Labute approximate surface area is 184 Å². The molecule has 1 N–H and O–H groups in total. The van der Waals surface area contributed by atoms with E-state index in [-0.39, 0.29) is 24.4 Å². The highest BCUT2D eigenvalue weighted by Crippen LogP contribution is 2.32. The van der Waals surface area contributed by atoms with Crippen LogP contribution in [0.2, 0.25) is 0 Å². The number of halogens is 5. The van der Waals surface area contributed by atoms with E-state index >= 15 is 0 Å². The van der Waals surface area contributed by atoms with E-state index in [4.69, 9.17) is 0 Å². The van der Waals surface area contributed by atoms with Crippen LogP contribution in [0.15, 0.2) is 48.8 Å². The second-order valence-corrected chi connectivity index (χ2v) is 7.59. The van der Waals surface area contributed by atoms with Crippen LogP contribution in [0.3, 0.4) is 0 Å². The number of piperidine rings is 1. The molecule has 1 atom stereocenters. The van der Waals surface area contributed by atoms with Gasteiger partial charge in [-0.1, -0.05) is 12.1 Å². The third kappa shape index (κ3) is 4.64. The first-order valence-corrected chi connectivity index (χ1v) is 9.99. The van der Waals surface area contributed by atoms with Crippen LogP contribution in [-0.4, -0.2) is 56.3 Å². The highest BCUT2D eigenvalue weighted by Gasteiger charge is 2.43. The van der Waals surface area contributed by atoms with Crippen molar-refractivity contribution in [3.63, 3.8) is 0 Å². The second-order valence-electron chi connectivity index (χ2n) is 7.59. The number of pyridine rings is 2. The number of alkyl halides is 5. The van der Waals surface area contributed by atoms with Gasteiger partial charge in [0.25, 0.3) is 17.7 Å². The van der Waals surface area contributed by atoms with Gasteiger partial charge in [-0.05, 0) is 24.3 Å². The summed E-state index contributed by atoms with van der Waals surface area (Å²) in [6, 6.07) is 6.04. The van der Waals surface area contributed by atoms with Crippen molar-refractivity contribution in [2.75, 3.05) is 13.1 Å². The van der Waals surface area contributed by atoms with Crippen molar-refractivity contribution in [3.05, 3.63) is 66.0 Å².